The number of hydrazone groups is 1. The normalized spacial score (nSPS) is 22.3. The Labute approximate surface area is 178 Å². The molecular formula is C18H22Cl2N4O5. The van der Waals surface area contributed by atoms with E-state index in [1.165, 1.54) is 4.90 Å². The molecule has 1 amide bonds. The quantitative estimate of drug-likeness (QED) is 0.508. The van der Waals surface area contributed by atoms with Crippen LogP contribution >= 0.6 is 23.2 Å². The molecule has 2 aliphatic rings. The number of hydrogen-bond donors (Lipinski definition) is 0. The third-order valence-corrected chi connectivity index (χ3v) is 5.56. The fraction of sp³-hybridized carbons (Fsp3) is 0.556. The number of nitro groups is 1. The van der Waals surface area contributed by atoms with Crippen LogP contribution in [0.1, 0.15) is 25.8 Å². The zero-order valence-electron chi connectivity index (χ0n) is 16.1. The van der Waals surface area contributed by atoms with Crippen molar-refractivity contribution in [2.75, 3.05) is 26.2 Å². The van der Waals surface area contributed by atoms with E-state index in [0.717, 1.165) is 6.42 Å². The molecule has 0 bridgehead atoms. The summed E-state index contributed by atoms with van der Waals surface area (Å²) in [5.74, 6) is 0.188. The Kier molecular flexibility index (Phi) is 6.50. The van der Waals surface area contributed by atoms with Crippen LogP contribution in [0.2, 0.25) is 10.0 Å². The van der Waals surface area contributed by atoms with Crippen LogP contribution in [0.25, 0.3) is 0 Å². The van der Waals surface area contributed by atoms with Crippen LogP contribution in [-0.2, 0) is 16.1 Å². The van der Waals surface area contributed by atoms with Crippen molar-refractivity contribution in [3.63, 3.8) is 0 Å². The molecule has 158 valence electrons. The summed E-state index contributed by atoms with van der Waals surface area (Å²) in [6.07, 6.45) is 0.124. The summed E-state index contributed by atoms with van der Waals surface area (Å²) >= 11 is 11.8. The van der Waals surface area contributed by atoms with Crippen molar-refractivity contribution in [2.24, 2.45) is 11.0 Å². The number of halogens is 2. The van der Waals surface area contributed by atoms with Gasteiger partial charge in [0.2, 0.25) is 0 Å². The predicted octanol–water partition coefficient (Wildman–Crippen LogP) is 3.61. The van der Waals surface area contributed by atoms with Gasteiger partial charge < -0.3 is 14.4 Å². The lowest BCUT2D eigenvalue weighted by molar-refractivity contribution is -0.486. The number of amides is 1. The molecule has 1 atom stereocenters. The van der Waals surface area contributed by atoms with Crippen molar-refractivity contribution >= 4 is 35.3 Å². The molecule has 0 saturated carbocycles. The van der Waals surface area contributed by atoms with E-state index in [1.54, 1.807) is 23.1 Å². The van der Waals surface area contributed by atoms with E-state index in [4.69, 9.17) is 32.7 Å². The number of guanidine groups is 1. The van der Waals surface area contributed by atoms with Crippen molar-refractivity contribution in [3.05, 3.63) is 43.9 Å². The molecule has 0 spiro atoms. The van der Waals surface area contributed by atoms with E-state index >= 15 is 0 Å². The maximum atomic E-state index is 12.5. The minimum atomic E-state index is -0.804. The number of rotatable bonds is 5. The van der Waals surface area contributed by atoms with Crippen molar-refractivity contribution < 1.29 is 19.3 Å². The van der Waals surface area contributed by atoms with Gasteiger partial charge in [0, 0.05) is 19.0 Å². The maximum absolute atomic E-state index is 12.5. The SMILES string of the molecule is CC1(C)CC(CN2CCN(C(=O)OCc3ccc(Cl)c(Cl)c3)C2=N[N+](=O)[O-])CO1. The minimum Gasteiger partial charge on any atom is -0.444 e. The average Bonchev–Trinajstić information content (AvgIpc) is 3.18. The first-order valence-electron chi connectivity index (χ1n) is 9.15. The number of carbonyl (C=O) groups excluding carboxylic acids is 1. The Morgan fingerprint density at radius 2 is 2.14 bits per heavy atom. The van der Waals surface area contributed by atoms with Crippen LogP contribution in [0.5, 0.6) is 0 Å². The van der Waals surface area contributed by atoms with Crippen LogP contribution < -0.4 is 0 Å². The fourth-order valence-electron chi connectivity index (χ4n) is 3.57. The van der Waals surface area contributed by atoms with Crippen LogP contribution in [0.4, 0.5) is 4.79 Å². The van der Waals surface area contributed by atoms with Crippen LogP contribution in [0, 0.1) is 16.0 Å². The highest BCUT2D eigenvalue weighted by Gasteiger charge is 2.39. The lowest BCUT2D eigenvalue weighted by Gasteiger charge is -2.22. The minimum absolute atomic E-state index is 0.0150. The zero-order valence-corrected chi connectivity index (χ0v) is 17.6. The van der Waals surface area contributed by atoms with E-state index in [1.807, 2.05) is 13.8 Å². The molecule has 0 aliphatic carbocycles. The van der Waals surface area contributed by atoms with Gasteiger partial charge in [-0.3, -0.25) is 0 Å². The lowest BCUT2D eigenvalue weighted by Crippen LogP contribution is -2.40. The van der Waals surface area contributed by atoms with Crippen molar-refractivity contribution in [1.82, 2.24) is 9.80 Å². The molecule has 0 N–H and O–H groups in total. The summed E-state index contributed by atoms with van der Waals surface area (Å²) in [6.45, 7) is 5.76. The highest BCUT2D eigenvalue weighted by atomic mass is 35.5. The third-order valence-electron chi connectivity index (χ3n) is 4.82. The molecule has 2 saturated heterocycles. The van der Waals surface area contributed by atoms with E-state index in [9.17, 15) is 14.9 Å². The maximum Gasteiger partial charge on any atom is 0.417 e. The summed E-state index contributed by atoms with van der Waals surface area (Å²) < 4.78 is 11.0. The smallest absolute Gasteiger partial charge is 0.417 e. The Morgan fingerprint density at radius 3 is 2.76 bits per heavy atom. The number of nitrogens with zero attached hydrogens (tertiary/aromatic N) is 4. The fourth-order valence-corrected chi connectivity index (χ4v) is 3.89. The molecule has 9 nitrogen and oxygen atoms in total. The van der Waals surface area contributed by atoms with E-state index in [0.29, 0.717) is 35.3 Å². The summed E-state index contributed by atoms with van der Waals surface area (Å²) in [7, 11) is 0. The topological polar surface area (TPSA) is 97.5 Å². The monoisotopic (exact) mass is 444 g/mol. The summed E-state index contributed by atoms with van der Waals surface area (Å²) in [4.78, 5) is 26.5. The molecule has 0 aromatic heterocycles. The molecule has 1 aromatic rings. The molecule has 1 unspecified atom stereocenters. The van der Waals surface area contributed by atoms with Crippen molar-refractivity contribution in [3.8, 4) is 0 Å². The van der Waals surface area contributed by atoms with Gasteiger partial charge in [-0.15, -0.1) is 0 Å². The largest absolute Gasteiger partial charge is 0.444 e. The first kappa shape index (κ1) is 21.6. The lowest BCUT2D eigenvalue weighted by atomic mass is 9.97. The molecule has 11 heteroatoms. The Balaban J connectivity index is 1.65. The number of ether oxygens (including phenoxy) is 2. The van der Waals surface area contributed by atoms with Gasteiger partial charge in [-0.1, -0.05) is 29.3 Å². The number of carbonyl (C=O) groups is 1. The van der Waals surface area contributed by atoms with Gasteiger partial charge in [-0.25, -0.2) is 19.8 Å². The zero-order chi connectivity index (χ0) is 21.2. The van der Waals surface area contributed by atoms with Gasteiger partial charge in [0.1, 0.15) is 11.7 Å². The molecule has 2 aliphatic heterocycles. The molecule has 1 aromatic carbocycles. The molecule has 0 radical (unpaired) electrons. The van der Waals surface area contributed by atoms with Crippen molar-refractivity contribution in [1.29, 1.82) is 0 Å². The first-order chi connectivity index (χ1) is 13.6. The number of hydrogen-bond acceptors (Lipinski definition) is 5. The Hall–Kier alpha value is -2.10. The van der Waals surface area contributed by atoms with E-state index < -0.39 is 11.1 Å². The van der Waals surface area contributed by atoms with Gasteiger partial charge in [-0.2, -0.15) is 0 Å². The standard InChI is InChI=1S/C18H22Cl2N4O5/c1-18(2)8-13(11-29-18)9-22-5-6-23(16(22)21-24(26)27)17(25)28-10-12-3-4-14(19)15(20)7-12/h3-4,7,13H,5-6,8-11H2,1-2H3. The Bertz CT molecular complexity index is 832. The van der Waals surface area contributed by atoms with Crippen LogP contribution in [-0.4, -0.2) is 58.7 Å². The summed E-state index contributed by atoms with van der Waals surface area (Å²) in [5.41, 5.74) is 0.436. The van der Waals surface area contributed by atoms with Crippen LogP contribution in [0.15, 0.2) is 23.3 Å². The highest BCUT2D eigenvalue weighted by molar-refractivity contribution is 6.42. The second-order valence-electron chi connectivity index (χ2n) is 7.68. The van der Waals surface area contributed by atoms with Gasteiger partial charge in [0.15, 0.2) is 5.03 Å². The summed E-state index contributed by atoms with van der Waals surface area (Å²) in [5, 5.41) is 14.4. The third kappa shape index (κ3) is 5.49. The molecule has 29 heavy (non-hydrogen) atoms. The second-order valence-corrected chi connectivity index (χ2v) is 8.49. The van der Waals surface area contributed by atoms with E-state index in [-0.39, 0.29) is 30.6 Å². The molecule has 3 rings (SSSR count). The van der Waals surface area contributed by atoms with Crippen LogP contribution in [0.3, 0.4) is 0 Å². The first-order valence-corrected chi connectivity index (χ1v) is 9.90. The van der Waals surface area contributed by atoms with Gasteiger partial charge >= 0.3 is 6.09 Å². The summed E-state index contributed by atoms with van der Waals surface area (Å²) in [6, 6.07) is 4.89. The molecule has 2 heterocycles. The van der Waals surface area contributed by atoms with Gasteiger partial charge in [0.25, 0.3) is 5.96 Å². The van der Waals surface area contributed by atoms with Gasteiger partial charge in [0.05, 0.1) is 28.8 Å². The second kappa shape index (κ2) is 8.73. The molecule has 2 fully saturated rings. The van der Waals surface area contributed by atoms with E-state index in [2.05, 4.69) is 5.10 Å². The average molecular weight is 445 g/mol. The predicted molar refractivity (Wildman–Crippen MR) is 107 cm³/mol. The van der Waals surface area contributed by atoms with Crippen molar-refractivity contribution in [2.45, 2.75) is 32.5 Å². The number of benzene rings is 1. The molecular weight excluding hydrogens is 423 g/mol. The Morgan fingerprint density at radius 1 is 1.38 bits per heavy atom. The highest BCUT2D eigenvalue weighted by Crippen LogP contribution is 2.30. The van der Waals surface area contributed by atoms with Gasteiger partial charge in [-0.05, 0) is 38.0 Å².